The van der Waals surface area contributed by atoms with Gasteiger partial charge in [-0.25, -0.2) is 12.8 Å². The zero-order chi connectivity index (χ0) is 18.5. The van der Waals surface area contributed by atoms with Crippen LogP contribution in [0.3, 0.4) is 0 Å². The molecule has 1 N–H and O–H groups in total. The smallest absolute Gasteiger partial charge is 0.230 e. The molecular weight excluding hydrogens is 357 g/mol. The number of carbonyl (C=O) groups excluding carboxylic acids is 1. The minimum absolute atomic E-state index is 0.102. The molecule has 1 aromatic carbocycles. The van der Waals surface area contributed by atoms with Crippen LogP contribution < -0.4 is 5.32 Å². The van der Waals surface area contributed by atoms with E-state index in [0.29, 0.717) is 11.7 Å². The number of nitrogens with zero attached hydrogens (tertiary/aromatic N) is 2. The number of nitrogens with one attached hydrogen (secondary N) is 1. The first-order valence-corrected chi connectivity index (χ1v) is 10.5. The van der Waals surface area contributed by atoms with Crippen LogP contribution in [0.1, 0.15) is 30.7 Å². The molecule has 1 saturated heterocycles. The number of anilines is 1. The van der Waals surface area contributed by atoms with Crippen molar-refractivity contribution >= 4 is 21.6 Å². The fourth-order valence-corrected chi connectivity index (χ4v) is 5.03. The molecule has 4 rings (SSSR count). The van der Waals surface area contributed by atoms with E-state index in [9.17, 15) is 17.6 Å². The SMILES string of the molecule is Cn1nc(NC(=O)C2CS(=O)(=O)C2)c(C2CCC2)c1-c1ccc(F)cc1. The number of aromatic nitrogens is 2. The molecule has 1 aromatic heterocycles. The molecule has 0 unspecified atom stereocenters. The van der Waals surface area contributed by atoms with E-state index < -0.39 is 15.8 Å². The van der Waals surface area contributed by atoms with Crippen molar-refractivity contribution in [3.05, 3.63) is 35.6 Å². The highest BCUT2D eigenvalue weighted by Crippen LogP contribution is 2.44. The maximum absolute atomic E-state index is 13.3. The summed E-state index contributed by atoms with van der Waals surface area (Å²) < 4.78 is 37.6. The van der Waals surface area contributed by atoms with E-state index in [0.717, 1.165) is 36.1 Å². The highest BCUT2D eigenvalue weighted by atomic mass is 32.2. The van der Waals surface area contributed by atoms with Gasteiger partial charge in [0.2, 0.25) is 5.91 Å². The summed E-state index contributed by atoms with van der Waals surface area (Å²) in [5.41, 5.74) is 2.67. The molecule has 8 heteroatoms. The number of carbonyl (C=O) groups is 1. The van der Waals surface area contributed by atoms with Crippen molar-refractivity contribution in [2.24, 2.45) is 13.0 Å². The largest absolute Gasteiger partial charge is 0.309 e. The predicted molar refractivity (Wildman–Crippen MR) is 96.0 cm³/mol. The third kappa shape index (κ3) is 3.02. The van der Waals surface area contributed by atoms with Crippen LogP contribution in [0.25, 0.3) is 11.3 Å². The van der Waals surface area contributed by atoms with E-state index in [1.807, 2.05) is 0 Å². The van der Waals surface area contributed by atoms with Crippen LogP contribution >= 0.6 is 0 Å². The van der Waals surface area contributed by atoms with E-state index in [-0.39, 0.29) is 23.2 Å². The molecule has 1 saturated carbocycles. The molecule has 1 aliphatic carbocycles. The molecule has 2 heterocycles. The van der Waals surface area contributed by atoms with E-state index in [4.69, 9.17) is 0 Å². The van der Waals surface area contributed by atoms with Crippen molar-refractivity contribution in [3.63, 3.8) is 0 Å². The maximum atomic E-state index is 13.3. The van der Waals surface area contributed by atoms with Crippen LogP contribution in [-0.4, -0.2) is 35.6 Å². The molecule has 0 bridgehead atoms. The summed E-state index contributed by atoms with van der Waals surface area (Å²) >= 11 is 0. The van der Waals surface area contributed by atoms with Gasteiger partial charge in [-0.3, -0.25) is 9.48 Å². The second-order valence-corrected chi connectivity index (χ2v) is 9.29. The number of hydrogen-bond donors (Lipinski definition) is 1. The molecule has 1 amide bonds. The molecule has 2 aliphatic rings. The van der Waals surface area contributed by atoms with Crippen LogP contribution in [0.2, 0.25) is 0 Å². The molecule has 0 radical (unpaired) electrons. The second-order valence-electron chi connectivity index (χ2n) is 7.13. The van der Waals surface area contributed by atoms with Crippen molar-refractivity contribution in [2.75, 3.05) is 16.8 Å². The topological polar surface area (TPSA) is 81.1 Å². The number of benzene rings is 1. The van der Waals surface area contributed by atoms with Gasteiger partial charge in [-0.05, 0) is 43.0 Å². The lowest BCUT2D eigenvalue weighted by atomic mass is 9.79. The molecule has 2 aromatic rings. The average molecular weight is 377 g/mol. The Labute approximate surface area is 151 Å². The monoisotopic (exact) mass is 377 g/mol. The Balaban J connectivity index is 1.67. The average Bonchev–Trinajstić information content (AvgIpc) is 2.80. The number of rotatable bonds is 4. The van der Waals surface area contributed by atoms with Gasteiger partial charge in [0.25, 0.3) is 0 Å². The Morgan fingerprint density at radius 2 is 1.88 bits per heavy atom. The van der Waals surface area contributed by atoms with Gasteiger partial charge in [-0.2, -0.15) is 5.10 Å². The second kappa shape index (κ2) is 6.19. The summed E-state index contributed by atoms with van der Waals surface area (Å²) in [5.74, 6) is -0.532. The number of amides is 1. The van der Waals surface area contributed by atoms with Crippen molar-refractivity contribution in [1.82, 2.24) is 9.78 Å². The third-order valence-corrected chi connectivity index (χ3v) is 7.06. The summed E-state index contributed by atoms with van der Waals surface area (Å²) in [7, 11) is -1.26. The Kier molecular flexibility index (Phi) is 4.10. The molecule has 6 nitrogen and oxygen atoms in total. The molecule has 26 heavy (non-hydrogen) atoms. The molecular formula is C18H20FN3O3S. The Bertz CT molecular complexity index is 950. The maximum Gasteiger partial charge on any atom is 0.230 e. The van der Waals surface area contributed by atoms with E-state index in [1.165, 1.54) is 12.1 Å². The Morgan fingerprint density at radius 3 is 2.42 bits per heavy atom. The van der Waals surface area contributed by atoms with Crippen LogP contribution in [0.15, 0.2) is 24.3 Å². The van der Waals surface area contributed by atoms with Crippen LogP contribution in [0, 0.1) is 11.7 Å². The number of sulfone groups is 1. The van der Waals surface area contributed by atoms with Gasteiger partial charge in [-0.1, -0.05) is 6.42 Å². The van der Waals surface area contributed by atoms with Gasteiger partial charge in [0, 0.05) is 18.2 Å². The van der Waals surface area contributed by atoms with Crippen LogP contribution in [0.5, 0.6) is 0 Å². The first-order valence-electron chi connectivity index (χ1n) is 8.68. The lowest BCUT2D eigenvalue weighted by molar-refractivity contribution is -0.119. The van der Waals surface area contributed by atoms with Gasteiger partial charge in [-0.15, -0.1) is 0 Å². The number of hydrogen-bond acceptors (Lipinski definition) is 4. The predicted octanol–water partition coefficient (Wildman–Crippen LogP) is 2.48. The number of halogens is 1. The summed E-state index contributed by atoms with van der Waals surface area (Å²) in [6.45, 7) is 0. The van der Waals surface area contributed by atoms with Gasteiger partial charge >= 0.3 is 0 Å². The summed E-state index contributed by atoms with van der Waals surface area (Å²) in [6.07, 6.45) is 3.15. The van der Waals surface area contributed by atoms with Crippen molar-refractivity contribution in [2.45, 2.75) is 25.2 Å². The zero-order valence-electron chi connectivity index (χ0n) is 14.4. The highest BCUT2D eigenvalue weighted by Gasteiger charge is 2.39. The van der Waals surface area contributed by atoms with Crippen LogP contribution in [-0.2, 0) is 21.7 Å². The molecule has 0 spiro atoms. The molecule has 2 fully saturated rings. The Morgan fingerprint density at radius 1 is 1.23 bits per heavy atom. The first-order chi connectivity index (χ1) is 12.3. The lowest BCUT2D eigenvalue weighted by Crippen LogP contribution is -2.44. The fraction of sp³-hybridized carbons (Fsp3) is 0.444. The molecule has 0 atom stereocenters. The molecule has 1 aliphatic heterocycles. The standard InChI is InChI=1S/C18H20FN3O3S/c1-22-16(12-5-7-14(19)8-6-12)15(11-3-2-4-11)17(21-22)20-18(23)13-9-26(24,25)10-13/h5-8,11,13H,2-4,9-10H2,1H3,(H,20,21,23). The van der Waals surface area contributed by atoms with E-state index in [1.54, 1.807) is 23.9 Å². The van der Waals surface area contributed by atoms with Gasteiger partial charge < -0.3 is 5.32 Å². The normalized spacial score (nSPS) is 19.6. The zero-order valence-corrected chi connectivity index (χ0v) is 15.2. The van der Waals surface area contributed by atoms with Crippen molar-refractivity contribution in [1.29, 1.82) is 0 Å². The molecule has 138 valence electrons. The minimum atomic E-state index is -3.06. The first kappa shape index (κ1) is 17.2. The van der Waals surface area contributed by atoms with Crippen molar-refractivity contribution < 1.29 is 17.6 Å². The Hall–Kier alpha value is -2.22. The van der Waals surface area contributed by atoms with Crippen molar-refractivity contribution in [3.8, 4) is 11.3 Å². The summed E-state index contributed by atoms with van der Waals surface area (Å²) in [6, 6.07) is 6.23. The number of aryl methyl sites for hydroxylation is 1. The van der Waals surface area contributed by atoms with Crippen LogP contribution in [0.4, 0.5) is 10.2 Å². The van der Waals surface area contributed by atoms with E-state index >= 15 is 0 Å². The summed E-state index contributed by atoms with van der Waals surface area (Å²) in [4.78, 5) is 12.4. The third-order valence-electron chi connectivity index (χ3n) is 5.24. The fourth-order valence-electron chi connectivity index (χ4n) is 3.60. The van der Waals surface area contributed by atoms with E-state index in [2.05, 4.69) is 10.4 Å². The quantitative estimate of drug-likeness (QED) is 0.888. The van der Waals surface area contributed by atoms with Gasteiger partial charge in [0.15, 0.2) is 15.7 Å². The van der Waals surface area contributed by atoms with Gasteiger partial charge in [0.05, 0.1) is 23.1 Å². The summed E-state index contributed by atoms with van der Waals surface area (Å²) in [5, 5.41) is 7.30. The van der Waals surface area contributed by atoms with Gasteiger partial charge in [0.1, 0.15) is 5.82 Å². The minimum Gasteiger partial charge on any atom is -0.309 e. The highest BCUT2D eigenvalue weighted by molar-refractivity contribution is 7.92. The lowest BCUT2D eigenvalue weighted by Gasteiger charge is -2.28.